The number of carboxylic acid groups (broad SMARTS) is 1. The van der Waals surface area contributed by atoms with Crippen LogP contribution in [-0.4, -0.2) is 35.2 Å². The van der Waals surface area contributed by atoms with E-state index < -0.39 is 21.9 Å². The van der Waals surface area contributed by atoms with E-state index in [1.807, 2.05) is 24.3 Å². The van der Waals surface area contributed by atoms with E-state index in [2.05, 4.69) is 10.4 Å². The molecule has 190 valence electrons. The van der Waals surface area contributed by atoms with Crippen LogP contribution in [-0.2, 0) is 10.0 Å². The number of rotatable bonds is 6. The molecule has 0 aliphatic heterocycles. The fourth-order valence-electron chi connectivity index (χ4n) is 4.30. The van der Waals surface area contributed by atoms with Gasteiger partial charge in [0.05, 0.1) is 21.8 Å². The van der Waals surface area contributed by atoms with Crippen LogP contribution < -0.4 is 10.5 Å². The molecular formula is C28H22N4O5S. The van der Waals surface area contributed by atoms with Crippen LogP contribution >= 0.6 is 0 Å². The zero-order chi connectivity index (χ0) is 27.0. The second-order valence-corrected chi connectivity index (χ2v) is 10.2. The minimum Gasteiger partial charge on any atom is -0.478 e. The lowest BCUT2D eigenvalue weighted by atomic mass is 10.0. The smallest absolute Gasteiger partial charge is 0.337 e. The summed E-state index contributed by atoms with van der Waals surface area (Å²) < 4.78 is 25.3. The number of aromatic carboxylic acids is 1. The number of hydrogen-bond donors (Lipinski definition) is 3. The summed E-state index contributed by atoms with van der Waals surface area (Å²) in [5.41, 5.74) is 2.48. The number of carboxylic acids is 1. The summed E-state index contributed by atoms with van der Waals surface area (Å²) in [5, 5.41) is 24.0. The van der Waals surface area contributed by atoms with Crippen molar-refractivity contribution in [2.24, 2.45) is 5.14 Å². The van der Waals surface area contributed by atoms with Crippen molar-refractivity contribution in [3.05, 3.63) is 108 Å². The maximum absolute atomic E-state index is 13.3. The van der Waals surface area contributed by atoms with Crippen LogP contribution in [0.25, 0.3) is 27.6 Å². The largest absolute Gasteiger partial charge is 0.478 e. The van der Waals surface area contributed by atoms with Gasteiger partial charge in [0.2, 0.25) is 10.0 Å². The number of amides is 1. The van der Waals surface area contributed by atoms with Crippen LogP contribution in [0, 0.1) is 6.92 Å². The van der Waals surface area contributed by atoms with Crippen LogP contribution in [0.3, 0.4) is 0 Å². The summed E-state index contributed by atoms with van der Waals surface area (Å²) in [6, 6.07) is 25.2. The summed E-state index contributed by atoms with van der Waals surface area (Å²) in [5.74, 6) is -1.63. The molecule has 9 nitrogen and oxygen atoms in total. The maximum atomic E-state index is 13.3. The third-order valence-corrected chi connectivity index (χ3v) is 7.00. The van der Waals surface area contributed by atoms with Gasteiger partial charge in [0.1, 0.15) is 5.69 Å². The summed E-state index contributed by atoms with van der Waals surface area (Å²) in [6.45, 7) is 1.71. The van der Waals surface area contributed by atoms with Crippen LogP contribution in [0.15, 0.2) is 95.9 Å². The lowest BCUT2D eigenvalue weighted by Gasteiger charge is -2.13. The predicted octanol–water partition coefficient (Wildman–Crippen LogP) is 4.60. The lowest BCUT2D eigenvalue weighted by molar-refractivity contribution is 0.0696. The SMILES string of the molecule is Cc1cc(C(=O)Nc2ccc(-c3ccccc3S(N)(=O)=O)cc2)n(-c2cc3ccccc3cc2C(=O)O)n1. The number of aromatic nitrogens is 2. The summed E-state index contributed by atoms with van der Waals surface area (Å²) in [7, 11) is -3.92. The molecule has 4 N–H and O–H groups in total. The first-order chi connectivity index (χ1) is 18.1. The van der Waals surface area contributed by atoms with Gasteiger partial charge in [-0.2, -0.15) is 5.10 Å². The highest BCUT2D eigenvalue weighted by Gasteiger charge is 2.21. The van der Waals surface area contributed by atoms with Crippen molar-refractivity contribution in [1.29, 1.82) is 0 Å². The Morgan fingerprint density at radius 2 is 1.53 bits per heavy atom. The minimum atomic E-state index is -3.92. The monoisotopic (exact) mass is 526 g/mol. The molecule has 4 aromatic carbocycles. The first kappa shape index (κ1) is 24.9. The molecular weight excluding hydrogens is 504 g/mol. The van der Waals surface area contributed by atoms with Gasteiger partial charge in [0, 0.05) is 11.3 Å². The van der Waals surface area contributed by atoms with Crippen LogP contribution in [0.1, 0.15) is 26.5 Å². The Morgan fingerprint density at radius 1 is 0.895 bits per heavy atom. The molecule has 0 bridgehead atoms. The predicted molar refractivity (Wildman–Crippen MR) is 144 cm³/mol. The number of benzene rings is 4. The molecule has 1 heterocycles. The van der Waals surface area contributed by atoms with Crippen molar-refractivity contribution < 1.29 is 23.1 Å². The Balaban J connectivity index is 1.49. The molecule has 0 saturated carbocycles. The summed E-state index contributed by atoms with van der Waals surface area (Å²) in [4.78, 5) is 25.4. The topological polar surface area (TPSA) is 144 Å². The van der Waals surface area contributed by atoms with Gasteiger partial charge in [-0.05, 0) is 59.7 Å². The number of sulfonamides is 1. The second-order valence-electron chi connectivity index (χ2n) is 8.68. The molecule has 0 saturated heterocycles. The molecule has 0 atom stereocenters. The van der Waals surface area contributed by atoms with Crippen molar-refractivity contribution in [3.63, 3.8) is 0 Å². The molecule has 1 aromatic heterocycles. The fraction of sp³-hybridized carbons (Fsp3) is 0.0357. The van der Waals surface area contributed by atoms with Crippen LogP contribution in [0.5, 0.6) is 0 Å². The zero-order valence-electron chi connectivity index (χ0n) is 20.1. The van der Waals surface area contributed by atoms with E-state index in [4.69, 9.17) is 5.14 Å². The number of aryl methyl sites for hydroxylation is 1. The van der Waals surface area contributed by atoms with Crippen molar-refractivity contribution >= 4 is 38.4 Å². The minimum absolute atomic E-state index is 0.000724. The van der Waals surface area contributed by atoms with Crippen LogP contribution in [0.4, 0.5) is 5.69 Å². The highest BCUT2D eigenvalue weighted by Crippen LogP contribution is 2.28. The summed E-state index contributed by atoms with van der Waals surface area (Å²) in [6.07, 6.45) is 0. The average Bonchev–Trinajstić information content (AvgIpc) is 3.29. The molecule has 0 spiro atoms. The number of carbonyl (C=O) groups is 2. The van der Waals surface area contributed by atoms with E-state index in [1.165, 1.54) is 10.7 Å². The molecule has 10 heteroatoms. The van der Waals surface area contributed by atoms with Gasteiger partial charge in [-0.15, -0.1) is 0 Å². The molecule has 0 unspecified atom stereocenters. The van der Waals surface area contributed by atoms with E-state index in [0.29, 0.717) is 22.5 Å². The van der Waals surface area contributed by atoms with Gasteiger partial charge < -0.3 is 10.4 Å². The van der Waals surface area contributed by atoms with Gasteiger partial charge in [-0.1, -0.05) is 54.6 Å². The van der Waals surface area contributed by atoms with Crippen molar-refractivity contribution in [3.8, 4) is 16.8 Å². The molecule has 0 fully saturated rings. The maximum Gasteiger partial charge on any atom is 0.337 e. The van der Waals surface area contributed by atoms with E-state index in [9.17, 15) is 23.1 Å². The molecule has 0 radical (unpaired) electrons. The molecule has 5 rings (SSSR count). The lowest BCUT2D eigenvalue weighted by Crippen LogP contribution is -2.18. The van der Waals surface area contributed by atoms with Crippen molar-refractivity contribution in [2.75, 3.05) is 5.32 Å². The number of nitrogens with zero attached hydrogens (tertiary/aromatic N) is 2. The molecule has 0 aliphatic carbocycles. The average molecular weight is 527 g/mol. The first-order valence-electron chi connectivity index (χ1n) is 11.5. The third-order valence-electron chi connectivity index (χ3n) is 6.03. The molecule has 38 heavy (non-hydrogen) atoms. The van der Waals surface area contributed by atoms with Gasteiger partial charge in [0.25, 0.3) is 5.91 Å². The first-order valence-corrected chi connectivity index (χ1v) is 13.0. The normalized spacial score (nSPS) is 11.4. The number of hydrogen-bond acceptors (Lipinski definition) is 5. The quantitative estimate of drug-likeness (QED) is 0.295. The zero-order valence-corrected chi connectivity index (χ0v) is 20.9. The molecule has 1 amide bonds. The van der Waals surface area contributed by atoms with Gasteiger partial charge in [-0.3, -0.25) is 4.79 Å². The third kappa shape index (κ3) is 4.77. The highest BCUT2D eigenvalue weighted by atomic mass is 32.2. The summed E-state index contributed by atoms with van der Waals surface area (Å²) >= 11 is 0. The Morgan fingerprint density at radius 3 is 2.18 bits per heavy atom. The van der Waals surface area contributed by atoms with E-state index in [1.54, 1.807) is 67.6 Å². The van der Waals surface area contributed by atoms with Crippen molar-refractivity contribution in [1.82, 2.24) is 9.78 Å². The molecule has 0 aliphatic rings. The highest BCUT2D eigenvalue weighted by molar-refractivity contribution is 7.89. The Hall–Kier alpha value is -4.80. The van der Waals surface area contributed by atoms with E-state index in [0.717, 1.165) is 10.8 Å². The molecule has 5 aromatic rings. The Bertz CT molecular complexity index is 1830. The Labute approximate surface area is 218 Å². The number of carbonyl (C=O) groups excluding carboxylic acids is 1. The van der Waals surface area contributed by atoms with Crippen molar-refractivity contribution in [2.45, 2.75) is 11.8 Å². The second kappa shape index (κ2) is 9.58. The standard InChI is InChI=1S/C28H22N4O5S/c1-17-14-25(32(31-17)24-16-20-7-3-2-6-19(20)15-23(24)28(34)35)27(33)30-21-12-10-18(11-13-21)22-8-4-5-9-26(22)38(29,36)37/h2-16H,1H3,(H,30,33)(H,34,35)(H2,29,36,37). The van der Waals surface area contributed by atoms with Crippen LogP contribution in [0.2, 0.25) is 0 Å². The Kier molecular flexibility index (Phi) is 6.27. The number of nitrogens with one attached hydrogen (secondary N) is 1. The van der Waals surface area contributed by atoms with Gasteiger partial charge in [0.15, 0.2) is 0 Å². The van der Waals surface area contributed by atoms with E-state index in [-0.39, 0.29) is 21.8 Å². The van der Waals surface area contributed by atoms with Gasteiger partial charge in [-0.25, -0.2) is 23.0 Å². The van der Waals surface area contributed by atoms with Gasteiger partial charge >= 0.3 is 5.97 Å². The number of fused-ring (bicyclic) bond motifs is 1. The van der Waals surface area contributed by atoms with E-state index >= 15 is 0 Å². The number of primary sulfonamides is 1. The number of anilines is 1. The fourth-order valence-corrected chi connectivity index (χ4v) is 5.06. The number of nitrogens with two attached hydrogens (primary N) is 1.